The van der Waals surface area contributed by atoms with Gasteiger partial charge in [-0.05, 0) is 58.5 Å². The van der Waals surface area contributed by atoms with Crippen LogP contribution in [-0.4, -0.2) is 52.7 Å². The van der Waals surface area contributed by atoms with E-state index in [9.17, 15) is 9.59 Å². The normalized spacial score (nSPS) is 29.5. The van der Waals surface area contributed by atoms with Gasteiger partial charge in [-0.25, -0.2) is 4.98 Å². The van der Waals surface area contributed by atoms with Gasteiger partial charge in [0, 0.05) is 24.1 Å². The van der Waals surface area contributed by atoms with E-state index in [-0.39, 0.29) is 28.2 Å². The standard InChI is InChI=1S/C22H29ClN4O3/c1-27-11-5-6-14(27)13-30-18-12-17(23)25-21(26-18)19(24)15-7-4-10-22(20(15)29)9-3-2-8-16(22)28/h12,14H,2-11,13,24H2,1H3/b19-15-/t14-,22+/m0/s1. The molecule has 0 amide bonds. The highest BCUT2D eigenvalue weighted by Gasteiger charge is 2.49. The predicted molar refractivity (Wildman–Crippen MR) is 114 cm³/mol. The molecule has 2 heterocycles. The van der Waals surface area contributed by atoms with E-state index >= 15 is 0 Å². The van der Waals surface area contributed by atoms with Gasteiger partial charge in [0.1, 0.15) is 17.5 Å². The lowest BCUT2D eigenvalue weighted by Crippen LogP contribution is -2.45. The van der Waals surface area contributed by atoms with E-state index in [0.717, 1.165) is 38.6 Å². The van der Waals surface area contributed by atoms with Gasteiger partial charge in [0.15, 0.2) is 11.6 Å². The lowest BCUT2D eigenvalue weighted by molar-refractivity contribution is -0.143. The molecule has 1 saturated heterocycles. The summed E-state index contributed by atoms with van der Waals surface area (Å²) in [4.78, 5) is 36.9. The van der Waals surface area contributed by atoms with Crippen molar-refractivity contribution in [2.45, 2.75) is 63.8 Å². The van der Waals surface area contributed by atoms with Gasteiger partial charge in [-0.1, -0.05) is 18.0 Å². The average molecular weight is 433 g/mol. The highest BCUT2D eigenvalue weighted by molar-refractivity contribution is 6.29. The summed E-state index contributed by atoms with van der Waals surface area (Å²) in [7, 11) is 2.08. The zero-order valence-electron chi connectivity index (χ0n) is 17.5. The Labute approximate surface area is 182 Å². The molecule has 2 saturated carbocycles. The zero-order valence-corrected chi connectivity index (χ0v) is 18.2. The van der Waals surface area contributed by atoms with Gasteiger partial charge in [-0.2, -0.15) is 4.98 Å². The van der Waals surface area contributed by atoms with Gasteiger partial charge in [0.2, 0.25) is 5.88 Å². The number of carbonyl (C=O) groups excluding carboxylic acids is 2. The summed E-state index contributed by atoms with van der Waals surface area (Å²) in [6.07, 6.45) is 6.97. The summed E-state index contributed by atoms with van der Waals surface area (Å²) >= 11 is 6.20. The van der Waals surface area contributed by atoms with Gasteiger partial charge in [0.05, 0.1) is 11.1 Å². The Kier molecular flexibility index (Phi) is 6.11. The van der Waals surface area contributed by atoms with Gasteiger partial charge in [-0.3, -0.25) is 9.59 Å². The first-order chi connectivity index (χ1) is 14.4. The molecule has 4 rings (SSSR count). The van der Waals surface area contributed by atoms with Gasteiger partial charge < -0.3 is 15.4 Å². The molecule has 30 heavy (non-hydrogen) atoms. The molecule has 2 aliphatic carbocycles. The van der Waals surface area contributed by atoms with Crippen LogP contribution in [0.5, 0.6) is 5.88 Å². The minimum absolute atomic E-state index is 0.0560. The third kappa shape index (κ3) is 3.97. The number of allylic oxidation sites excluding steroid dienone is 1. The number of carbonyl (C=O) groups is 2. The third-order valence-electron chi connectivity index (χ3n) is 6.86. The Bertz CT molecular complexity index is 883. The lowest BCUT2D eigenvalue weighted by atomic mass is 9.62. The van der Waals surface area contributed by atoms with Crippen molar-refractivity contribution in [3.8, 4) is 5.88 Å². The van der Waals surface area contributed by atoms with Crippen LogP contribution in [0.3, 0.4) is 0 Å². The molecule has 2 N–H and O–H groups in total. The van der Waals surface area contributed by atoms with Crippen LogP contribution in [0.2, 0.25) is 5.15 Å². The molecule has 0 unspecified atom stereocenters. The highest BCUT2D eigenvalue weighted by atomic mass is 35.5. The molecule has 1 aromatic heterocycles. The Morgan fingerprint density at radius 3 is 2.77 bits per heavy atom. The number of aromatic nitrogens is 2. The maximum atomic E-state index is 13.3. The minimum atomic E-state index is -0.901. The average Bonchev–Trinajstić information content (AvgIpc) is 3.14. The number of hydrogen-bond acceptors (Lipinski definition) is 7. The third-order valence-corrected chi connectivity index (χ3v) is 7.06. The molecule has 1 aliphatic heterocycles. The SMILES string of the molecule is CN1CCC[C@H]1COc1cc(Cl)nc(/C(N)=C2\CCC[C@@]3(CCCCC3=O)C2=O)n1. The van der Waals surface area contributed by atoms with E-state index in [1.54, 1.807) is 6.07 Å². The summed E-state index contributed by atoms with van der Waals surface area (Å²) < 4.78 is 5.88. The molecule has 0 radical (unpaired) electrons. The van der Waals surface area contributed by atoms with Crippen LogP contribution in [0.1, 0.15) is 63.6 Å². The second-order valence-electron chi connectivity index (χ2n) is 8.73. The predicted octanol–water partition coefficient (Wildman–Crippen LogP) is 3.16. The van der Waals surface area contributed by atoms with Crippen LogP contribution in [0, 0.1) is 5.41 Å². The summed E-state index contributed by atoms with van der Waals surface area (Å²) in [6, 6.07) is 1.90. The number of likely N-dealkylation sites (N-methyl/N-ethyl adjacent to an activating group) is 1. The monoisotopic (exact) mass is 432 g/mol. The van der Waals surface area contributed by atoms with E-state index in [1.165, 1.54) is 0 Å². The number of likely N-dealkylation sites (tertiary alicyclic amines) is 1. The number of nitrogens with zero attached hydrogens (tertiary/aromatic N) is 3. The second kappa shape index (κ2) is 8.63. The highest BCUT2D eigenvalue weighted by Crippen LogP contribution is 2.45. The summed E-state index contributed by atoms with van der Waals surface area (Å²) in [5.74, 6) is 0.455. The quantitative estimate of drug-likeness (QED) is 0.443. The van der Waals surface area contributed by atoms with Crippen molar-refractivity contribution >= 4 is 28.9 Å². The van der Waals surface area contributed by atoms with Gasteiger partial charge >= 0.3 is 0 Å². The molecular formula is C22H29ClN4O3. The molecule has 1 aromatic rings. The number of Topliss-reactive ketones (excluding diaryl/α,β-unsaturated/α-hetero) is 2. The first-order valence-electron chi connectivity index (χ1n) is 10.9. The molecular weight excluding hydrogens is 404 g/mol. The van der Waals surface area contributed by atoms with Crippen molar-refractivity contribution < 1.29 is 14.3 Å². The topological polar surface area (TPSA) is 98.4 Å². The number of hydrogen-bond donors (Lipinski definition) is 1. The Balaban J connectivity index is 1.59. The molecule has 7 nitrogen and oxygen atoms in total. The van der Waals surface area contributed by atoms with E-state index in [1.807, 2.05) is 0 Å². The van der Waals surface area contributed by atoms with Crippen LogP contribution in [0.15, 0.2) is 11.6 Å². The van der Waals surface area contributed by atoms with Crippen molar-refractivity contribution in [2.75, 3.05) is 20.2 Å². The fourth-order valence-electron chi connectivity index (χ4n) is 5.03. The van der Waals surface area contributed by atoms with Crippen LogP contribution in [0.4, 0.5) is 0 Å². The van der Waals surface area contributed by atoms with E-state index in [0.29, 0.717) is 49.8 Å². The van der Waals surface area contributed by atoms with Crippen LogP contribution >= 0.6 is 11.6 Å². The number of ketones is 2. The summed E-state index contributed by atoms with van der Waals surface area (Å²) in [6.45, 7) is 1.57. The molecule has 162 valence electrons. The van der Waals surface area contributed by atoms with Crippen LogP contribution in [-0.2, 0) is 9.59 Å². The van der Waals surface area contributed by atoms with Crippen molar-refractivity contribution in [3.05, 3.63) is 22.6 Å². The fourth-order valence-corrected chi connectivity index (χ4v) is 5.21. The smallest absolute Gasteiger partial charge is 0.218 e. The van der Waals surface area contributed by atoms with Gasteiger partial charge in [-0.15, -0.1) is 0 Å². The van der Waals surface area contributed by atoms with Crippen LogP contribution < -0.4 is 10.5 Å². The van der Waals surface area contributed by atoms with Gasteiger partial charge in [0.25, 0.3) is 0 Å². The molecule has 0 bridgehead atoms. The van der Waals surface area contributed by atoms with Crippen LogP contribution in [0.25, 0.3) is 5.70 Å². The number of nitrogens with two attached hydrogens (primary N) is 1. The molecule has 2 atom stereocenters. The molecule has 3 fully saturated rings. The molecule has 0 aromatic carbocycles. The number of ether oxygens (including phenoxy) is 1. The maximum Gasteiger partial charge on any atom is 0.218 e. The first-order valence-corrected chi connectivity index (χ1v) is 11.2. The summed E-state index contributed by atoms with van der Waals surface area (Å²) in [5, 5.41) is 0.213. The largest absolute Gasteiger partial charge is 0.476 e. The van der Waals surface area contributed by atoms with E-state index in [4.69, 9.17) is 22.1 Å². The molecule has 8 heteroatoms. The van der Waals surface area contributed by atoms with E-state index in [2.05, 4.69) is 21.9 Å². The zero-order chi connectivity index (χ0) is 21.3. The number of rotatable bonds is 4. The lowest BCUT2D eigenvalue weighted by Gasteiger charge is -2.38. The molecule has 3 aliphatic rings. The number of halogens is 1. The van der Waals surface area contributed by atoms with Crippen molar-refractivity contribution in [3.63, 3.8) is 0 Å². The maximum absolute atomic E-state index is 13.3. The Morgan fingerprint density at radius 2 is 2.03 bits per heavy atom. The van der Waals surface area contributed by atoms with Crippen molar-refractivity contribution in [1.29, 1.82) is 0 Å². The Morgan fingerprint density at radius 1 is 1.23 bits per heavy atom. The second-order valence-corrected chi connectivity index (χ2v) is 9.11. The van der Waals surface area contributed by atoms with E-state index < -0.39 is 5.41 Å². The molecule has 1 spiro atoms. The Hall–Kier alpha value is -1.99. The van der Waals surface area contributed by atoms with Crippen molar-refractivity contribution in [1.82, 2.24) is 14.9 Å². The summed E-state index contributed by atoms with van der Waals surface area (Å²) in [5.41, 5.74) is 6.14. The first kappa shape index (κ1) is 21.2. The van der Waals surface area contributed by atoms with Crippen molar-refractivity contribution in [2.24, 2.45) is 11.1 Å². The minimum Gasteiger partial charge on any atom is -0.476 e. The fraction of sp³-hybridized carbons (Fsp3) is 0.636.